The summed E-state index contributed by atoms with van der Waals surface area (Å²) in [5, 5.41) is 4.04. The van der Waals surface area contributed by atoms with Crippen molar-refractivity contribution in [3.63, 3.8) is 0 Å². The zero-order valence-electron chi connectivity index (χ0n) is 15.6. The van der Waals surface area contributed by atoms with E-state index in [2.05, 4.69) is 72.5 Å². The van der Waals surface area contributed by atoms with E-state index in [4.69, 9.17) is 4.98 Å². The van der Waals surface area contributed by atoms with Crippen molar-refractivity contribution in [2.24, 2.45) is 7.05 Å². The monoisotopic (exact) mass is 466 g/mol. The van der Waals surface area contributed by atoms with Crippen molar-refractivity contribution in [2.75, 3.05) is 0 Å². The third-order valence-corrected chi connectivity index (χ3v) is 5.70. The summed E-state index contributed by atoms with van der Waals surface area (Å²) >= 11 is 0. The highest BCUT2D eigenvalue weighted by Crippen LogP contribution is 2.37. The van der Waals surface area contributed by atoms with Gasteiger partial charge in [0.1, 0.15) is 7.05 Å². The Morgan fingerprint density at radius 1 is 0.815 bits per heavy atom. The van der Waals surface area contributed by atoms with Gasteiger partial charge in [0.15, 0.2) is 12.4 Å². The fourth-order valence-corrected chi connectivity index (χ4v) is 4.38. The first kappa shape index (κ1) is 18.4. The molecule has 3 heteroatoms. The van der Waals surface area contributed by atoms with Crippen LogP contribution in [-0.2, 0) is 19.9 Å². The minimum absolute atomic E-state index is 0. The van der Waals surface area contributed by atoms with Crippen molar-refractivity contribution in [1.29, 1.82) is 0 Å². The molecule has 2 nitrogen and oxygen atoms in total. The highest BCUT2D eigenvalue weighted by atomic mass is 127. The van der Waals surface area contributed by atoms with Gasteiger partial charge < -0.3 is 24.0 Å². The van der Waals surface area contributed by atoms with Crippen LogP contribution in [0.25, 0.3) is 32.9 Å². The van der Waals surface area contributed by atoms with Gasteiger partial charge in [0, 0.05) is 23.1 Å². The SMILES string of the molecule is C[n+]1ccc(-c2nc3ccc4ccccc4c3c3c2CCCCC3)cc1.[I-]. The van der Waals surface area contributed by atoms with Crippen molar-refractivity contribution in [3.8, 4) is 11.3 Å². The maximum Gasteiger partial charge on any atom is 0.169 e. The lowest BCUT2D eigenvalue weighted by Crippen LogP contribution is -3.00. The maximum atomic E-state index is 5.17. The van der Waals surface area contributed by atoms with Crippen molar-refractivity contribution < 1.29 is 28.5 Å². The normalized spacial score (nSPS) is 13.8. The van der Waals surface area contributed by atoms with Crippen molar-refractivity contribution in [2.45, 2.75) is 32.1 Å². The van der Waals surface area contributed by atoms with Crippen LogP contribution in [-0.4, -0.2) is 4.98 Å². The third kappa shape index (κ3) is 3.22. The summed E-state index contributed by atoms with van der Waals surface area (Å²) in [5.41, 5.74) is 6.56. The molecule has 0 amide bonds. The number of hydrogen-bond acceptors (Lipinski definition) is 1. The van der Waals surface area contributed by atoms with Crippen molar-refractivity contribution >= 4 is 21.7 Å². The topological polar surface area (TPSA) is 16.8 Å². The summed E-state index contributed by atoms with van der Waals surface area (Å²) in [5.74, 6) is 0. The smallest absolute Gasteiger partial charge is 0.169 e. The fourth-order valence-electron chi connectivity index (χ4n) is 4.38. The van der Waals surface area contributed by atoms with E-state index in [1.807, 2.05) is 0 Å². The first-order valence-electron chi connectivity index (χ1n) is 9.60. The van der Waals surface area contributed by atoms with E-state index in [1.54, 1.807) is 0 Å². The second-order valence-electron chi connectivity index (χ2n) is 7.41. The number of pyridine rings is 2. The third-order valence-electron chi connectivity index (χ3n) is 5.70. The molecule has 1 aliphatic carbocycles. The predicted octanol–water partition coefficient (Wildman–Crippen LogP) is 2.15. The predicted molar refractivity (Wildman–Crippen MR) is 107 cm³/mol. The minimum Gasteiger partial charge on any atom is -1.00 e. The molecule has 4 aromatic rings. The molecule has 0 unspecified atom stereocenters. The average molecular weight is 466 g/mol. The Balaban J connectivity index is 0.00000180. The Hall–Kier alpha value is -2.01. The van der Waals surface area contributed by atoms with Crippen LogP contribution in [0.1, 0.15) is 30.4 Å². The van der Waals surface area contributed by atoms with Gasteiger partial charge in [0.2, 0.25) is 0 Å². The lowest BCUT2D eigenvalue weighted by Gasteiger charge is -2.17. The molecule has 0 atom stereocenters. The van der Waals surface area contributed by atoms with Gasteiger partial charge >= 0.3 is 0 Å². The van der Waals surface area contributed by atoms with E-state index >= 15 is 0 Å². The molecule has 0 aliphatic heterocycles. The lowest BCUT2D eigenvalue weighted by atomic mass is 9.91. The second kappa shape index (κ2) is 7.55. The Labute approximate surface area is 177 Å². The summed E-state index contributed by atoms with van der Waals surface area (Å²) in [6, 6.07) is 17.5. The van der Waals surface area contributed by atoms with E-state index in [-0.39, 0.29) is 24.0 Å². The van der Waals surface area contributed by atoms with Gasteiger partial charge in [-0.1, -0.05) is 36.8 Å². The molecule has 0 spiro atoms. The standard InChI is InChI=1S/C24H23N2.HI/c1-26-15-13-18(14-16-26)24-21-10-4-2-3-9-20(21)23-19-8-6-5-7-17(19)11-12-22(23)25-24;/h5-8,11-16H,2-4,9-10H2,1H3;1H/q+1;/p-1. The molecule has 2 aromatic heterocycles. The molecule has 0 saturated heterocycles. The molecule has 136 valence electrons. The van der Waals surface area contributed by atoms with Crippen LogP contribution in [0.4, 0.5) is 0 Å². The lowest BCUT2D eigenvalue weighted by molar-refractivity contribution is -0.671. The van der Waals surface area contributed by atoms with Gasteiger partial charge in [-0.05, 0) is 53.6 Å². The van der Waals surface area contributed by atoms with Gasteiger partial charge in [-0.15, -0.1) is 0 Å². The molecule has 5 rings (SSSR count). The highest BCUT2D eigenvalue weighted by molar-refractivity contribution is 6.09. The Morgan fingerprint density at radius 3 is 2.37 bits per heavy atom. The van der Waals surface area contributed by atoms with Gasteiger partial charge in [0.05, 0.1) is 11.2 Å². The summed E-state index contributed by atoms with van der Waals surface area (Å²) in [6.45, 7) is 0. The summed E-state index contributed by atoms with van der Waals surface area (Å²) < 4.78 is 2.08. The first-order chi connectivity index (χ1) is 12.8. The first-order valence-corrected chi connectivity index (χ1v) is 9.60. The molecule has 0 saturated carbocycles. The largest absolute Gasteiger partial charge is 1.00 e. The van der Waals surface area contributed by atoms with Crippen LogP contribution in [0.2, 0.25) is 0 Å². The van der Waals surface area contributed by atoms with E-state index in [0.29, 0.717) is 0 Å². The molecule has 0 fully saturated rings. The molecular weight excluding hydrogens is 443 g/mol. The number of aryl methyl sites for hydroxylation is 2. The number of rotatable bonds is 1. The number of hydrogen-bond donors (Lipinski definition) is 0. The van der Waals surface area contributed by atoms with Gasteiger partial charge in [0.25, 0.3) is 0 Å². The van der Waals surface area contributed by atoms with Crippen LogP contribution in [0.3, 0.4) is 0 Å². The van der Waals surface area contributed by atoms with Crippen molar-refractivity contribution in [1.82, 2.24) is 4.98 Å². The Bertz CT molecular complexity index is 1120. The average Bonchev–Trinajstić information content (AvgIpc) is 2.94. The maximum absolute atomic E-state index is 5.17. The molecular formula is C24H23IN2. The highest BCUT2D eigenvalue weighted by Gasteiger charge is 2.20. The Kier molecular flexibility index (Phi) is 5.13. The van der Waals surface area contributed by atoms with E-state index in [9.17, 15) is 0 Å². The molecule has 0 bridgehead atoms. The van der Waals surface area contributed by atoms with Crippen LogP contribution in [0.15, 0.2) is 60.9 Å². The summed E-state index contributed by atoms with van der Waals surface area (Å²) in [4.78, 5) is 5.17. The Morgan fingerprint density at radius 2 is 1.56 bits per heavy atom. The zero-order chi connectivity index (χ0) is 17.5. The van der Waals surface area contributed by atoms with Gasteiger partial charge in [-0.3, -0.25) is 0 Å². The number of fused-ring (bicyclic) bond motifs is 5. The van der Waals surface area contributed by atoms with Gasteiger partial charge in [-0.25, -0.2) is 9.55 Å². The number of benzene rings is 2. The molecule has 27 heavy (non-hydrogen) atoms. The quantitative estimate of drug-likeness (QED) is 0.182. The van der Waals surface area contributed by atoms with Gasteiger partial charge in [-0.2, -0.15) is 0 Å². The summed E-state index contributed by atoms with van der Waals surface area (Å²) in [7, 11) is 2.06. The summed E-state index contributed by atoms with van der Waals surface area (Å²) in [6.07, 6.45) is 10.4. The van der Waals surface area contributed by atoms with E-state index < -0.39 is 0 Å². The van der Waals surface area contributed by atoms with Crippen LogP contribution < -0.4 is 28.5 Å². The molecule has 0 N–H and O–H groups in total. The van der Waals surface area contributed by atoms with E-state index in [1.165, 1.54) is 57.8 Å². The van der Waals surface area contributed by atoms with E-state index in [0.717, 1.165) is 18.4 Å². The van der Waals surface area contributed by atoms with Crippen molar-refractivity contribution in [3.05, 3.63) is 72.1 Å². The van der Waals surface area contributed by atoms with Crippen LogP contribution in [0.5, 0.6) is 0 Å². The molecule has 0 radical (unpaired) electrons. The molecule has 1 aliphatic rings. The number of nitrogens with zero attached hydrogens (tertiary/aromatic N) is 2. The van der Waals surface area contributed by atoms with Crippen LogP contribution in [0, 0.1) is 0 Å². The zero-order valence-corrected chi connectivity index (χ0v) is 17.7. The molecule has 2 heterocycles. The second-order valence-corrected chi connectivity index (χ2v) is 7.41. The number of halogens is 1. The number of aromatic nitrogens is 2. The van der Waals surface area contributed by atoms with Crippen LogP contribution >= 0.6 is 0 Å². The molecule has 2 aromatic carbocycles. The fraction of sp³-hybridized carbons (Fsp3) is 0.250. The minimum atomic E-state index is 0.